The summed E-state index contributed by atoms with van der Waals surface area (Å²) in [5.74, 6) is 0.147. The molecule has 0 atom stereocenters. The van der Waals surface area contributed by atoms with Crippen LogP contribution in [0.4, 0.5) is 0 Å². The second-order valence-corrected chi connectivity index (χ2v) is 5.07. The van der Waals surface area contributed by atoms with Gasteiger partial charge in [-0.1, -0.05) is 31.8 Å². The van der Waals surface area contributed by atoms with E-state index in [2.05, 4.69) is 16.6 Å². The van der Waals surface area contributed by atoms with Gasteiger partial charge in [0.05, 0.1) is 6.61 Å². The van der Waals surface area contributed by atoms with Gasteiger partial charge in [-0.3, -0.25) is 4.79 Å². The Morgan fingerprint density at radius 1 is 1.14 bits per heavy atom. The van der Waals surface area contributed by atoms with Gasteiger partial charge in [0.15, 0.2) is 0 Å². The van der Waals surface area contributed by atoms with Crippen LogP contribution in [0.15, 0.2) is 42.0 Å². The summed E-state index contributed by atoms with van der Waals surface area (Å²) in [6, 6.07) is 6.64. The molecule has 0 bridgehead atoms. The normalized spacial score (nSPS) is 9.82. The van der Waals surface area contributed by atoms with Crippen LogP contribution < -0.4 is 4.74 Å². The quantitative estimate of drug-likeness (QED) is 0.179. The highest BCUT2D eigenvalue weighted by Crippen LogP contribution is 2.14. The maximum Gasteiger partial charge on any atom is 0.249 e. The van der Waals surface area contributed by atoms with Crippen molar-refractivity contribution < 1.29 is 9.53 Å². The first kappa shape index (κ1) is 17.8. The lowest BCUT2D eigenvalue weighted by atomic mass is 10.1. The van der Waals surface area contributed by atoms with Gasteiger partial charge in [0.25, 0.3) is 0 Å². The zero-order valence-electron chi connectivity index (χ0n) is 12.9. The summed E-state index contributed by atoms with van der Waals surface area (Å²) >= 11 is 0. The van der Waals surface area contributed by atoms with E-state index in [-0.39, 0.29) is 0 Å². The van der Waals surface area contributed by atoms with Crippen LogP contribution in [0.1, 0.15) is 55.3 Å². The second kappa shape index (κ2) is 11.4. The van der Waals surface area contributed by atoms with E-state index in [1.807, 2.05) is 6.08 Å². The SMILES string of the molecule is C=CCCCCCCCCOc1ccc(C(=O)N=[N+]=[N-])cc1. The molecule has 22 heavy (non-hydrogen) atoms. The molecule has 0 spiro atoms. The lowest BCUT2D eigenvalue weighted by Gasteiger charge is -2.06. The molecule has 118 valence electrons. The molecule has 5 heteroatoms. The highest BCUT2D eigenvalue weighted by Gasteiger charge is 2.02. The van der Waals surface area contributed by atoms with Gasteiger partial charge in [-0.2, -0.15) is 0 Å². The molecule has 1 aromatic carbocycles. The van der Waals surface area contributed by atoms with Crippen LogP contribution in [-0.4, -0.2) is 12.5 Å². The fourth-order valence-electron chi connectivity index (χ4n) is 2.08. The van der Waals surface area contributed by atoms with E-state index >= 15 is 0 Å². The van der Waals surface area contributed by atoms with E-state index in [0.717, 1.165) is 18.6 Å². The van der Waals surface area contributed by atoms with Crippen molar-refractivity contribution in [2.24, 2.45) is 5.11 Å². The maximum absolute atomic E-state index is 11.3. The maximum atomic E-state index is 11.3. The molecule has 0 aliphatic rings. The summed E-state index contributed by atoms with van der Waals surface area (Å²) in [7, 11) is 0. The number of hydrogen-bond donors (Lipinski definition) is 0. The molecule has 0 saturated carbocycles. The number of allylic oxidation sites excluding steroid dienone is 1. The van der Waals surface area contributed by atoms with Crippen molar-refractivity contribution in [1.29, 1.82) is 0 Å². The smallest absolute Gasteiger partial charge is 0.249 e. The predicted molar refractivity (Wildman–Crippen MR) is 87.9 cm³/mol. The van der Waals surface area contributed by atoms with Crippen molar-refractivity contribution >= 4 is 5.91 Å². The number of amides is 1. The highest BCUT2D eigenvalue weighted by atomic mass is 16.5. The van der Waals surface area contributed by atoms with Crippen molar-refractivity contribution in [3.8, 4) is 5.75 Å². The zero-order chi connectivity index (χ0) is 16.0. The van der Waals surface area contributed by atoms with Gasteiger partial charge in [0.1, 0.15) is 5.75 Å². The molecule has 5 nitrogen and oxygen atoms in total. The fraction of sp³-hybridized carbons (Fsp3) is 0.471. The minimum Gasteiger partial charge on any atom is -0.494 e. The Bertz CT molecular complexity index is 505. The Morgan fingerprint density at radius 3 is 2.41 bits per heavy atom. The van der Waals surface area contributed by atoms with Crippen molar-refractivity contribution in [1.82, 2.24) is 0 Å². The molecule has 0 heterocycles. The number of rotatable bonds is 11. The average molecular weight is 301 g/mol. The Hall–Kier alpha value is -2.26. The number of nitrogens with zero attached hydrogens (tertiary/aromatic N) is 3. The number of azide groups is 1. The van der Waals surface area contributed by atoms with Crippen LogP contribution in [0, 0.1) is 0 Å². The standard InChI is InChI=1S/C17H23N3O2/c1-2-3-4-5-6-7-8-9-14-22-16-12-10-15(11-13-16)17(21)19-20-18/h2,10-13H,1,3-9,14H2. The Kier molecular flexibility index (Phi) is 9.22. The summed E-state index contributed by atoms with van der Waals surface area (Å²) in [4.78, 5) is 13.8. The molecule has 0 saturated heterocycles. The molecule has 0 fully saturated rings. The monoisotopic (exact) mass is 301 g/mol. The van der Waals surface area contributed by atoms with Crippen LogP contribution in [0.2, 0.25) is 0 Å². The van der Waals surface area contributed by atoms with Crippen LogP contribution >= 0.6 is 0 Å². The van der Waals surface area contributed by atoms with Crippen molar-refractivity contribution in [3.05, 3.63) is 52.9 Å². The number of carbonyl (C=O) groups excluding carboxylic acids is 1. The van der Waals surface area contributed by atoms with E-state index < -0.39 is 5.91 Å². The van der Waals surface area contributed by atoms with E-state index in [1.54, 1.807) is 24.3 Å². The summed E-state index contributed by atoms with van der Waals surface area (Å²) in [6.45, 7) is 4.39. The molecule has 1 amide bonds. The Morgan fingerprint density at radius 2 is 1.77 bits per heavy atom. The average Bonchev–Trinajstić information content (AvgIpc) is 2.54. The van der Waals surface area contributed by atoms with E-state index in [4.69, 9.17) is 10.3 Å². The van der Waals surface area contributed by atoms with Gasteiger partial charge >= 0.3 is 0 Å². The minimum atomic E-state index is -0.578. The number of ether oxygens (including phenoxy) is 1. The van der Waals surface area contributed by atoms with Crippen LogP contribution in [0.25, 0.3) is 10.4 Å². The highest BCUT2D eigenvalue weighted by molar-refractivity contribution is 5.94. The summed E-state index contributed by atoms with van der Waals surface area (Å²) in [5.41, 5.74) is 8.57. The van der Waals surface area contributed by atoms with Gasteiger partial charge in [0, 0.05) is 10.5 Å². The number of hydrogen-bond acceptors (Lipinski definition) is 2. The largest absolute Gasteiger partial charge is 0.494 e. The molecule has 0 aliphatic carbocycles. The van der Waals surface area contributed by atoms with Gasteiger partial charge in [-0.05, 0) is 54.2 Å². The van der Waals surface area contributed by atoms with Crippen molar-refractivity contribution in [2.75, 3.05) is 6.61 Å². The third-order valence-corrected chi connectivity index (χ3v) is 3.31. The molecule has 1 rings (SSSR count). The van der Waals surface area contributed by atoms with Gasteiger partial charge in [-0.15, -0.1) is 6.58 Å². The first-order chi connectivity index (χ1) is 10.8. The summed E-state index contributed by atoms with van der Waals surface area (Å²) in [6.07, 6.45) is 10.3. The molecule has 0 N–H and O–H groups in total. The van der Waals surface area contributed by atoms with Crippen molar-refractivity contribution in [2.45, 2.75) is 44.9 Å². The lowest BCUT2D eigenvalue weighted by Crippen LogP contribution is -1.98. The molecule has 0 radical (unpaired) electrons. The van der Waals surface area contributed by atoms with Gasteiger partial charge in [0.2, 0.25) is 5.91 Å². The van der Waals surface area contributed by atoms with Crippen LogP contribution in [0.5, 0.6) is 5.75 Å². The zero-order valence-corrected chi connectivity index (χ0v) is 12.9. The fourth-order valence-corrected chi connectivity index (χ4v) is 2.08. The molecular formula is C17H23N3O2. The minimum absolute atomic E-state index is 0.365. The Balaban J connectivity index is 2.13. The Labute approximate surface area is 131 Å². The molecule has 0 aliphatic heterocycles. The molecular weight excluding hydrogens is 278 g/mol. The predicted octanol–water partition coefficient (Wildman–Crippen LogP) is 5.43. The van der Waals surface area contributed by atoms with E-state index in [1.165, 1.54) is 32.1 Å². The van der Waals surface area contributed by atoms with Crippen molar-refractivity contribution in [3.63, 3.8) is 0 Å². The van der Waals surface area contributed by atoms with E-state index in [9.17, 15) is 4.79 Å². The van der Waals surface area contributed by atoms with Gasteiger partial charge in [-0.25, -0.2) is 0 Å². The number of unbranched alkanes of at least 4 members (excludes halogenated alkanes) is 6. The number of carbonyl (C=O) groups is 1. The van der Waals surface area contributed by atoms with Crippen LogP contribution in [0.3, 0.4) is 0 Å². The third-order valence-electron chi connectivity index (χ3n) is 3.31. The van der Waals surface area contributed by atoms with E-state index in [0.29, 0.717) is 12.2 Å². The lowest BCUT2D eigenvalue weighted by molar-refractivity contribution is 0.100. The number of benzene rings is 1. The topological polar surface area (TPSA) is 75.1 Å². The van der Waals surface area contributed by atoms with Crippen LogP contribution in [-0.2, 0) is 0 Å². The summed E-state index contributed by atoms with van der Waals surface area (Å²) < 4.78 is 5.62. The molecule has 0 aromatic heterocycles. The third kappa shape index (κ3) is 7.50. The first-order valence-electron chi connectivity index (χ1n) is 7.71. The molecule has 1 aromatic rings. The second-order valence-electron chi connectivity index (χ2n) is 5.07. The first-order valence-corrected chi connectivity index (χ1v) is 7.71. The molecule has 0 unspecified atom stereocenters. The summed E-state index contributed by atoms with van der Waals surface area (Å²) in [5, 5.41) is 3.04. The van der Waals surface area contributed by atoms with Gasteiger partial charge < -0.3 is 4.74 Å².